The van der Waals surface area contributed by atoms with Crippen LogP contribution in [0.4, 0.5) is 4.79 Å². The minimum Gasteiger partial charge on any atom is -0.323 e. The second-order valence-electron chi connectivity index (χ2n) is 7.62. The SMILES string of the molecule is C[C@@]1(C2CC2)NC(=O)N(CN2CCN(S(=O)(=O)c3ccccc3)CC2)C1=O. The zero-order valence-corrected chi connectivity index (χ0v) is 16.1. The second kappa shape index (κ2) is 6.57. The Morgan fingerprint density at radius 3 is 2.30 bits per heavy atom. The maximum atomic E-state index is 12.7. The first-order valence-corrected chi connectivity index (χ1v) is 10.7. The molecular formula is C18H24N4O4S. The summed E-state index contributed by atoms with van der Waals surface area (Å²) < 4.78 is 26.8. The van der Waals surface area contributed by atoms with Crippen LogP contribution >= 0.6 is 0 Å². The molecule has 4 rings (SSSR count). The van der Waals surface area contributed by atoms with E-state index >= 15 is 0 Å². The smallest absolute Gasteiger partial charge is 0.323 e. The Morgan fingerprint density at radius 2 is 1.70 bits per heavy atom. The molecule has 9 heteroatoms. The summed E-state index contributed by atoms with van der Waals surface area (Å²) in [5, 5.41) is 2.84. The van der Waals surface area contributed by atoms with E-state index in [9.17, 15) is 18.0 Å². The molecule has 8 nitrogen and oxygen atoms in total. The quantitative estimate of drug-likeness (QED) is 0.744. The van der Waals surface area contributed by atoms with E-state index < -0.39 is 15.6 Å². The van der Waals surface area contributed by atoms with Crippen molar-refractivity contribution < 1.29 is 18.0 Å². The topological polar surface area (TPSA) is 90.0 Å². The molecule has 27 heavy (non-hydrogen) atoms. The maximum Gasteiger partial charge on any atom is 0.326 e. The van der Waals surface area contributed by atoms with Crippen molar-refractivity contribution in [3.63, 3.8) is 0 Å². The van der Waals surface area contributed by atoms with Gasteiger partial charge in [-0.3, -0.25) is 9.69 Å². The molecule has 0 bridgehead atoms. The first-order chi connectivity index (χ1) is 12.8. The highest BCUT2D eigenvalue weighted by atomic mass is 32.2. The third kappa shape index (κ3) is 3.24. The summed E-state index contributed by atoms with van der Waals surface area (Å²) in [6, 6.07) is 8.02. The molecular weight excluding hydrogens is 368 g/mol. The van der Waals surface area contributed by atoms with Gasteiger partial charge in [-0.25, -0.2) is 18.1 Å². The van der Waals surface area contributed by atoms with Crippen molar-refractivity contribution in [1.82, 2.24) is 19.4 Å². The Labute approximate surface area is 159 Å². The molecule has 0 unspecified atom stereocenters. The number of piperazine rings is 1. The number of sulfonamides is 1. The lowest BCUT2D eigenvalue weighted by Crippen LogP contribution is -2.53. The number of carbonyl (C=O) groups is 2. The van der Waals surface area contributed by atoms with Crippen molar-refractivity contribution in [2.24, 2.45) is 5.92 Å². The summed E-state index contributed by atoms with van der Waals surface area (Å²) in [5.74, 6) is 0.0566. The summed E-state index contributed by atoms with van der Waals surface area (Å²) in [6.07, 6.45) is 1.93. The molecule has 0 spiro atoms. The number of hydrogen-bond acceptors (Lipinski definition) is 5. The standard InChI is InChI=1S/C18H24N4O4S/c1-18(14-7-8-14)16(23)22(17(24)19-18)13-20-9-11-21(12-10-20)27(25,26)15-5-3-2-4-6-15/h2-6,14H,7-13H2,1H3,(H,19,24)/t18-/m0/s1. The summed E-state index contributed by atoms with van der Waals surface area (Å²) in [4.78, 5) is 28.5. The third-order valence-electron chi connectivity index (χ3n) is 5.75. The van der Waals surface area contributed by atoms with Crippen molar-refractivity contribution in [2.75, 3.05) is 32.8 Å². The largest absolute Gasteiger partial charge is 0.326 e. The lowest BCUT2D eigenvalue weighted by Gasteiger charge is -2.35. The third-order valence-corrected chi connectivity index (χ3v) is 7.66. The molecule has 1 saturated carbocycles. The van der Waals surface area contributed by atoms with Gasteiger partial charge in [0.25, 0.3) is 5.91 Å². The number of nitrogens with zero attached hydrogens (tertiary/aromatic N) is 3. The number of nitrogens with one attached hydrogen (secondary N) is 1. The van der Waals surface area contributed by atoms with E-state index in [0.29, 0.717) is 26.2 Å². The molecule has 2 saturated heterocycles. The van der Waals surface area contributed by atoms with Gasteiger partial charge < -0.3 is 5.32 Å². The predicted molar refractivity (Wildman–Crippen MR) is 98.1 cm³/mol. The summed E-state index contributed by atoms with van der Waals surface area (Å²) in [6.45, 7) is 3.62. The van der Waals surface area contributed by atoms with E-state index in [1.165, 1.54) is 9.21 Å². The van der Waals surface area contributed by atoms with Crippen LogP contribution in [0.1, 0.15) is 19.8 Å². The van der Waals surface area contributed by atoms with Crippen molar-refractivity contribution in [2.45, 2.75) is 30.2 Å². The van der Waals surface area contributed by atoms with E-state index in [-0.39, 0.29) is 29.4 Å². The Bertz CT molecular complexity index is 847. The van der Waals surface area contributed by atoms with Crippen molar-refractivity contribution >= 4 is 22.0 Å². The van der Waals surface area contributed by atoms with Gasteiger partial charge in [0.05, 0.1) is 11.6 Å². The van der Waals surface area contributed by atoms with Crippen molar-refractivity contribution in [1.29, 1.82) is 0 Å². The van der Waals surface area contributed by atoms with Crippen LogP contribution in [-0.2, 0) is 14.8 Å². The number of carbonyl (C=O) groups excluding carboxylic acids is 2. The molecule has 1 atom stereocenters. The Hall–Kier alpha value is -1.97. The predicted octanol–water partition coefficient (Wildman–Crippen LogP) is 0.671. The molecule has 2 aliphatic heterocycles. The molecule has 0 radical (unpaired) electrons. The van der Waals surface area contributed by atoms with Crippen LogP contribution in [0.25, 0.3) is 0 Å². The van der Waals surface area contributed by atoms with Gasteiger partial charge in [0, 0.05) is 26.2 Å². The van der Waals surface area contributed by atoms with Crippen molar-refractivity contribution in [3.8, 4) is 0 Å². The average molecular weight is 392 g/mol. The van der Waals surface area contributed by atoms with Gasteiger partial charge in [-0.1, -0.05) is 18.2 Å². The first kappa shape index (κ1) is 18.4. The fraction of sp³-hybridized carbons (Fsp3) is 0.556. The van der Waals surface area contributed by atoms with E-state index in [2.05, 4.69) is 5.32 Å². The molecule has 1 aromatic carbocycles. The highest BCUT2D eigenvalue weighted by Crippen LogP contribution is 2.42. The van der Waals surface area contributed by atoms with Gasteiger partial charge in [0.1, 0.15) is 5.54 Å². The Morgan fingerprint density at radius 1 is 1.07 bits per heavy atom. The zero-order valence-electron chi connectivity index (χ0n) is 15.3. The van der Waals surface area contributed by atoms with Crippen LogP contribution in [0.3, 0.4) is 0 Å². The maximum absolute atomic E-state index is 12.7. The van der Waals surface area contributed by atoms with Crippen LogP contribution in [0.15, 0.2) is 35.2 Å². The fourth-order valence-corrected chi connectivity index (χ4v) is 5.28. The molecule has 3 aliphatic rings. The van der Waals surface area contributed by atoms with Crippen LogP contribution < -0.4 is 5.32 Å². The van der Waals surface area contributed by atoms with E-state index in [4.69, 9.17) is 0 Å². The number of rotatable bonds is 5. The highest BCUT2D eigenvalue weighted by Gasteiger charge is 2.56. The number of amides is 3. The van der Waals surface area contributed by atoms with Crippen LogP contribution in [0.5, 0.6) is 0 Å². The Balaban J connectivity index is 1.37. The van der Waals surface area contributed by atoms with Gasteiger partial charge in [-0.2, -0.15) is 4.31 Å². The summed E-state index contributed by atoms with van der Waals surface area (Å²) >= 11 is 0. The highest BCUT2D eigenvalue weighted by molar-refractivity contribution is 7.89. The second-order valence-corrected chi connectivity index (χ2v) is 9.55. The lowest BCUT2D eigenvalue weighted by atomic mass is 9.96. The normalized spacial score (nSPS) is 27.8. The van der Waals surface area contributed by atoms with Gasteiger partial charge in [-0.05, 0) is 37.8 Å². The first-order valence-electron chi connectivity index (χ1n) is 9.24. The van der Waals surface area contributed by atoms with Crippen molar-refractivity contribution in [3.05, 3.63) is 30.3 Å². The Kier molecular flexibility index (Phi) is 4.48. The zero-order chi connectivity index (χ0) is 19.2. The summed E-state index contributed by atoms with van der Waals surface area (Å²) in [7, 11) is -3.51. The molecule has 0 aromatic heterocycles. The monoisotopic (exact) mass is 392 g/mol. The minimum atomic E-state index is -3.51. The van der Waals surface area contributed by atoms with Gasteiger partial charge in [0.15, 0.2) is 0 Å². The van der Waals surface area contributed by atoms with Gasteiger partial charge >= 0.3 is 6.03 Å². The van der Waals surface area contributed by atoms with E-state index in [0.717, 1.165) is 12.8 Å². The van der Waals surface area contributed by atoms with Gasteiger partial charge in [-0.15, -0.1) is 0 Å². The lowest BCUT2D eigenvalue weighted by molar-refractivity contribution is -0.133. The molecule has 3 amide bonds. The molecule has 2 heterocycles. The average Bonchev–Trinajstić information content (AvgIpc) is 3.49. The van der Waals surface area contributed by atoms with E-state index in [1.807, 2.05) is 4.90 Å². The number of hydrogen-bond donors (Lipinski definition) is 1. The number of urea groups is 1. The van der Waals surface area contributed by atoms with Crippen LogP contribution in [0, 0.1) is 5.92 Å². The van der Waals surface area contributed by atoms with E-state index in [1.54, 1.807) is 37.3 Å². The molecule has 146 valence electrons. The molecule has 1 aromatic rings. The van der Waals surface area contributed by atoms with Gasteiger partial charge in [0.2, 0.25) is 10.0 Å². The minimum absolute atomic E-state index is 0.172. The number of benzene rings is 1. The molecule has 3 fully saturated rings. The molecule has 1 aliphatic carbocycles. The number of imide groups is 1. The summed E-state index contributed by atoms with van der Waals surface area (Å²) in [5.41, 5.74) is -0.782. The molecule has 1 N–H and O–H groups in total. The van der Waals surface area contributed by atoms with Crippen LogP contribution in [0.2, 0.25) is 0 Å². The van der Waals surface area contributed by atoms with Crippen LogP contribution in [-0.4, -0.2) is 72.8 Å². The fourth-order valence-electron chi connectivity index (χ4n) is 3.83.